The van der Waals surface area contributed by atoms with Crippen LogP contribution < -0.4 is 4.74 Å². The summed E-state index contributed by atoms with van der Waals surface area (Å²) in [6.07, 6.45) is 7.40. The Kier molecular flexibility index (Phi) is 5.06. The molecule has 1 saturated carbocycles. The molecule has 1 aliphatic carbocycles. The predicted molar refractivity (Wildman–Crippen MR) is 105 cm³/mol. The molecule has 1 spiro atoms. The third-order valence-electron chi connectivity index (χ3n) is 6.86. The van der Waals surface area contributed by atoms with E-state index < -0.39 is 0 Å². The van der Waals surface area contributed by atoms with Crippen LogP contribution >= 0.6 is 0 Å². The Morgan fingerprint density at radius 1 is 1.21 bits per heavy atom. The zero-order valence-electron chi connectivity index (χ0n) is 16.7. The lowest BCUT2D eigenvalue weighted by molar-refractivity contribution is -0.165. The van der Waals surface area contributed by atoms with Gasteiger partial charge >= 0.3 is 0 Å². The number of nitrogens with zero attached hydrogens (tertiary/aromatic N) is 1. The average Bonchev–Trinajstić information content (AvgIpc) is 3.41. The van der Waals surface area contributed by atoms with Gasteiger partial charge in [-0.3, -0.25) is 4.79 Å². The minimum Gasteiger partial charge on any atom is -0.493 e. The molecule has 1 atom stereocenters. The second-order valence-corrected chi connectivity index (χ2v) is 9.03. The number of hydrogen-bond acceptors (Lipinski definition) is 4. The Morgan fingerprint density at radius 2 is 2.11 bits per heavy atom. The Bertz CT molecular complexity index is 723. The normalized spacial score (nSPS) is 25.3. The molecule has 3 fully saturated rings. The van der Waals surface area contributed by atoms with Crippen LogP contribution in [0.15, 0.2) is 18.2 Å². The number of carbonyl (C=O) groups excluding carboxylic acids is 1. The zero-order valence-corrected chi connectivity index (χ0v) is 16.7. The number of aryl methyl sites for hydroxylation is 1. The first kappa shape index (κ1) is 18.4. The molecule has 1 aromatic carbocycles. The van der Waals surface area contributed by atoms with Crippen molar-refractivity contribution in [2.24, 2.45) is 11.8 Å². The van der Waals surface area contributed by atoms with Gasteiger partial charge in [0.25, 0.3) is 0 Å². The molecule has 0 bridgehead atoms. The van der Waals surface area contributed by atoms with E-state index in [2.05, 4.69) is 6.07 Å². The topological polar surface area (TPSA) is 48.0 Å². The second-order valence-electron chi connectivity index (χ2n) is 9.03. The SMILES string of the molecule is O=C(Cc1ccc2c(c1)CCCO2)N1CC2(C1)OCC[C@@H]2CCOCC1CC1. The molecule has 2 saturated heterocycles. The number of amides is 1. The molecule has 4 aliphatic rings. The van der Waals surface area contributed by atoms with E-state index in [0.29, 0.717) is 12.3 Å². The van der Waals surface area contributed by atoms with Crippen molar-refractivity contribution >= 4 is 5.91 Å². The van der Waals surface area contributed by atoms with Crippen molar-refractivity contribution in [1.82, 2.24) is 4.90 Å². The summed E-state index contributed by atoms with van der Waals surface area (Å²) in [4.78, 5) is 14.7. The highest BCUT2D eigenvalue weighted by molar-refractivity contribution is 5.80. The standard InChI is InChI=1S/C23H31NO4/c25-22(13-18-5-6-21-19(12-18)2-1-9-27-21)24-15-23(16-24)20(8-11-28-23)7-10-26-14-17-3-4-17/h5-6,12,17,20H,1-4,7-11,13-16H2/t20-/m0/s1. The summed E-state index contributed by atoms with van der Waals surface area (Å²) in [7, 11) is 0. The van der Waals surface area contributed by atoms with E-state index in [9.17, 15) is 4.79 Å². The molecule has 5 heteroatoms. The molecule has 3 heterocycles. The summed E-state index contributed by atoms with van der Waals surface area (Å²) in [6, 6.07) is 6.20. The lowest BCUT2D eigenvalue weighted by Gasteiger charge is -2.50. The van der Waals surface area contributed by atoms with Gasteiger partial charge in [0.15, 0.2) is 0 Å². The van der Waals surface area contributed by atoms with Crippen LogP contribution in [0.1, 0.15) is 43.2 Å². The first-order valence-electron chi connectivity index (χ1n) is 11.0. The molecule has 3 aliphatic heterocycles. The molecule has 0 radical (unpaired) electrons. The molecule has 0 unspecified atom stereocenters. The molecule has 0 aromatic heterocycles. The average molecular weight is 386 g/mol. The lowest BCUT2D eigenvalue weighted by atomic mass is 9.79. The van der Waals surface area contributed by atoms with Gasteiger partial charge in [-0.25, -0.2) is 0 Å². The number of ether oxygens (including phenoxy) is 3. The van der Waals surface area contributed by atoms with E-state index in [1.807, 2.05) is 17.0 Å². The number of benzene rings is 1. The van der Waals surface area contributed by atoms with E-state index in [1.165, 1.54) is 18.4 Å². The quantitative estimate of drug-likeness (QED) is 0.677. The van der Waals surface area contributed by atoms with Gasteiger partial charge in [0.2, 0.25) is 5.91 Å². The number of rotatable bonds is 7. The Hall–Kier alpha value is -1.59. The van der Waals surface area contributed by atoms with E-state index in [1.54, 1.807) is 0 Å². The van der Waals surface area contributed by atoms with Gasteiger partial charge in [0, 0.05) is 19.8 Å². The van der Waals surface area contributed by atoms with Crippen LogP contribution in [0.4, 0.5) is 0 Å². The van der Waals surface area contributed by atoms with Crippen molar-refractivity contribution in [2.75, 3.05) is 39.5 Å². The van der Waals surface area contributed by atoms with Crippen molar-refractivity contribution in [2.45, 2.75) is 50.5 Å². The second kappa shape index (κ2) is 7.68. The van der Waals surface area contributed by atoms with Gasteiger partial charge in [0.1, 0.15) is 11.4 Å². The van der Waals surface area contributed by atoms with Gasteiger partial charge < -0.3 is 19.1 Å². The minimum absolute atomic E-state index is 0.109. The monoisotopic (exact) mass is 385 g/mol. The Balaban J connectivity index is 1.12. The minimum atomic E-state index is -0.109. The van der Waals surface area contributed by atoms with Crippen LogP contribution in [-0.4, -0.2) is 55.9 Å². The summed E-state index contributed by atoms with van der Waals surface area (Å²) in [5.74, 6) is 2.54. The van der Waals surface area contributed by atoms with Gasteiger partial charge in [0.05, 0.1) is 26.1 Å². The largest absolute Gasteiger partial charge is 0.493 e. The van der Waals surface area contributed by atoms with E-state index in [-0.39, 0.29) is 11.5 Å². The number of fused-ring (bicyclic) bond motifs is 1. The highest BCUT2D eigenvalue weighted by atomic mass is 16.5. The van der Waals surface area contributed by atoms with Gasteiger partial charge in [-0.15, -0.1) is 0 Å². The summed E-state index contributed by atoms with van der Waals surface area (Å²) >= 11 is 0. The molecule has 5 nitrogen and oxygen atoms in total. The fourth-order valence-electron chi connectivity index (χ4n) is 4.89. The van der Waals surface area contributed by atoms with Crippen molar-refractivity contribution in [3.8, 4) is 5.75 Å². The van der Waals surface area contributed by atoms with E-state index in [4.69, 9.17) is 14.2 Å². The molecule has 28 heavy (non-hydrogen) atoms. The summed E-state index contributed by atoms with van der Waals surface area (Å²) < 4.78 is 17.6. The number of likely N-dealkylation sites (tertiary alicyclic amines) is 1. The van der Waals surface area contributed by atoms with E-state index in [0.717, 1.165) is 82.4 Å². The third kappa shape index (κ3) is 3.79. The fraction of sp³-hybridized carbons (Fsp3) is 0.696. The first-order valence-corrected chi connectivity index (χ1v) is 11.0. The van der Waals surface area contributed by atoms with Crippen molar-refractivity contribution in [1.29, 1.82) is 0 Å². The Morgan fingerprint density at radius 3 is 2.96 bits per heavy atom. The van der Waals surface area contributed by atoms with Gasteiger partial charge in [-0.05, 0) is 67.6 Å². The number of carbonyl (C=O) groups is 1. The van der Waals surface area contributed by atoms with Crippen LogP contribution in [0.3, 0.4) is 0 Å². The van der Waals surface area contributed by atoms with Crippen LogP contribution in [0, 0.1) is 11.8 Å². The van der Waals surface area contributed by atoms with Crippen molar-refractivity contribution in [3.63, 3.8) is 0 Å². The van der Waals surface area contributed by atoms with E-state index >= 15 is 0 Å². The maximum absolute atomic E-state index is 12.8. The summed E-state index contributed by atoms with van der Waals surface area (Å²) in [5.41, 5.74) is 2.22. The molecular formula is C23H31NO4. The molecule has 5 rings (SSSR count). The highest BCUT2D eigenvalue weighted by Crippen LogP contribution is 2.42. The van der Waals surface area contributed by atoms with Gasteiger partial charge in [-0.2, -0.15) is 0 Å². The predicted octanol–water partition coefficient (Wildman–Crippen LogP) is 2.99. The molecule has 152 valence electrons. The van der Waals surface area contributed by atoms with Crippen LogP contribution in [0.5, 0.6) is 5.75 Å². The first-order chi connectivity index (χ1) is 13.7. The van der Waals surface area contributed by atoms with Crippen molar-refractivity contribution in [3.05, 3.63) is 29.3 Å². The molecule has 1 aromatic rings. The smallest absolute Gasteiger partial charge is 0.227 e. The fourth-order valence-corrected chi connectivity index (χ4v) is 4.89. The van der Waals surface area contributed by atoms with Crippen molar-refractivity contribution < 1.29 is 19.0 Å². The van der Waals surface area contributed by atoms with Crippen LogP contribution in [0.2, 0.25) is 0 Å². The van der Waals surface area contributed by atoms with Gasteiger partial charge in [-0.1, -0.05) is 12.1 Å². The summed E-state index contributed by atoms with van der Waals surface area (Å²) in [6.45, 7) is 4.86. The maximum Gasteiger partial charge on any atom is 0.227 e. The highest BCUT2D eigenvalue weighted by Gasteiger charge is 2.53. The lowest BCUT2D eigenvalue weighted by Crippen LogP contribution is -2.66. The maximum atomic E-state index is 12.8. The van der Waals surface area contributed by atoms with Crippen LogP contribution in [0.25, 0.3) is 0 Å². The third-order valence-corrected chi connectivity index (χ3v) is 6.86. The number of hydrogen-bond donors (Lipinski definition) is 0. The molecule has 0 N–H and O–H groups in total. The zero-order chi connectivity index (χ0) is 19.0. The summed E-state index contributed by atoms with van der Waals surface area (Å²) in [5, 5.41) is 0. The molecular weight excluding hydrogens is 354 g/mol. The van der Waals surface area contributed by atoms with Crippen LogP contribution in [-0.2, 0) is 27.1 Å². The molecule has 1 amide bonds. The Labute approximate surface area is 167 Å².